The molecule has 0 aromatic rings. The Labute approximate surface area is 149 Å². The highest BCUT2D eigenvalue weighted by atomic mass is 80.0. The first-order valence-corrected chi connectivity index (χ1v) is 11.0. The number of hydrogen-bond donors (Lipinski definition) is 0. The van der Waals surface area contributed by atoms with E-state index in [0.29, 0.717) is 6.61 Å². The molecule has 3 atom stereocenters. The fraction of sp³-hybridized carbons (Fsp3) is 0.900. The van der Waals surface area contributed by atoms with Crippen LogP contribution in [0.3, 0.4) is 0 Å². The highest BCUT2D eigenvalue weighted by Crippen LogP contribution is 2.67. The van der Waals surface area contributed by atoms with Crippen molar-refractivity contribution >= 4 is 83.1 Å². The predicted molar refractivity (Wildman–Crippen MR) is 90.4 cm³/mol. The second-order valence-corrected chi connectivity index (χ2v) is 14.8. The van der Waals surface area contributed by atoms with Crippen molar-refractivity contribution in [2.75, 3.05) is 6.61 Å². The van der Waals surface area contributed by atoms with E-state index < -0.39 is 15.1 Å². The molecule has 0 N–H and O–H groups in total. The van der Waals surface area contributed by atoms with Crippen molar-refractivity contribution in [3.8, 4) is 0 Å². The Bertz CT molecular complexity index is 349. The number of esters is 1. The summed E-state index contributed by atoms with van der Waals surface area (Å²) in [6.45, 7) is 4.57. The summed E-state index contributed by atoms with van der Waals surface area (Å²) in [6, 6.07) is 0. The van der Waals surface area contributed by atoms with Gasteiger partial charge in [0.15, 0.2) is 2.14 Å². The predicted octanol–water partition coefficient (Wildman–Crippen LogP) is 5.75. The molecule has 1 fully saturated rings. The van der Waals surface area contributed by atoms with Crippen LogP contribution in [0.5, 0.6) is 0 Å². The standard InChI is InChI=1S/C10H14Br3Cl2O3P/c1-4-17-8(16)6-5(9(6,2)3)7(10(11,12)13)18-19(14)15/h5-7H,4H2,1-3H3/t5-,6-,7?/m1/s1. The van der Waals surface area contributed by atoms with E-state index in [9.17, 15) is 4.79 Å². The molecule has 0 heterocycles. The molecule has 0 spiro atoms. The molecule has 112 valence electrons. The molecule has 3 nitrogen and oxygen atoms in total. The number of carbonyl (C=O) groups excluding carboxylic acids is 1. The number of carbonyl (C=O) groups is 1. The van der Waals surface area contributed by atoms with Crippen LogP contribution in [0.25, 0.3) is 0 Å². The Balaban J connectivity index is 2.89. The van der Waals surface area contributed by atoms with Crippen molar-refractivity contribution in [2.45, 2.75) is 29.0 Å². The van der Waals surface area contributed by atoms with Crippen molar-refractivity contribution in [3.05, 3.63) is 0 Å². The maximum Gasteiger partial charge on any atom is 0.309 e. The first-order chi connectivity index (χ1) is 8.53. The normalized spacial score (nSPS) is 27.2. The molecule has 0 aromatic heterocycles. The number of alkyl halides is 3. The first kappa shape index (κ1) is 18.9. The summed E-state index contributed by atoms with van der Waals surface area (Å²) in [4.78, 5) is 12.0. The Morgan fingerprint density at radius 3 is 2.32 bits per heavy atom. The molecule has 0 amide bonds. The minimum absolute atomic E-state index is 0.0489. The Kier molecular flexibility index (Phi) is 6.95. The summed E-state index contributed by atoms with van der Waals surface area (Å²) >= 11 is 21.8. The summed E-state index contributed by atoms with van der Waals surface area (Å²) < 4.78 is 9.98. The largest absolute Gasteiger partial charge is 0.466 e. The molecular weight excluding hydrogens is 510 g/mol. The SMILES string of the molecule is CCOC(=O)[C@H]1[C@H](C(OP(Cl)Cl)C(Br)(Br)Br)C1(C)C. The monoisotopic (exact) mass is 520 g/mol. The van der Waals surface area contributed by atoms with Crippen LogP contribution in [0.15, 0.2) is 0 Å². The molecule has 1 saturated carbocycles. The van der Waals surface area contributed by atoms with Crippen LogP contribution in [0.4, 0.5) is 0 Å². The molecular formula is C10H14Br3Cl2O3P. The topological polar surface area (TPSA) is 35.5 Å². The zero-order chi connectivity index (χ0) is 15.0. The summed E-state index contributed by atoms with van der Waals surface area (Å²) in [5, 5.41) is 0. The molecule has 1 unspecified atom stereocenters. The second kappa shape index (κ2) is 6.97. The third-order valence-corrected chi connectivity index (χ3v) is 5.51. The van der Waals surface area contributed by atoms with E-state index in [1.54, 1.807) is 6.92 Å². The fourth-order valence-corrected chi connectivity index (χ4v) is 4.88. The van der Waals surface area contributed by atoms with Gasteiger partial charge in [-0.25, -0.2) is 0 Å². The third kappa shape index (κ3) is 4.67. The van der Waals surface area contributed by atoms with Gasteiger partial charge in [-0.3, -0.25) is 4.79 Å². The van der Waals surface area contributed by atoms with Gasteiger partial charge in [-0.15, -0.1) is 0 Å². The smallest absolute Gasteiger partial charge is 0.309 e. The van der Waals surface area contributed by atoms with Gasteiger partial charge in [-0.05, 0) is 34.8 Å². The molecule has 0 saturated heterocycles. The quantitative estimate of drug-likeness (QED) is 0.262. The van der Waals surface area contributed by atoms with Gasteiger partial charge in [-0.2, -0.15) is 0 Å². The molecule has 0 aromatic carbocycles. The van der Waals surface area contributed by atoms with Crippen LogP contribution in [-0.4, -0.2) is 20.8 Å². The van der Waals surface area contributed by atoms with Gasteiger partial charge in [0.2, 0.25) is 6.85 Å². The van der Waals surface area contributed by atoms with Crippen molar-refractivity contribution in [1.82, 2.24) is 0 Å². The van der Waals surface area contributed by atoms with Gasteiger partial charge >= 0.3 is 5.97 Å². The van der Waals surface area contributed by atoms with Gasteiger partial charge < -0.3 is 9.26 Å². The fourth-order valence-electron chi connectivity index (χ4n) is 2.34. The minimum atomic E-state index is -1.58. The molecule has 1 rings (SSSR count). The maximum absolute atomic E-state index is 12.0. The summed E-state index contributed by atoms with van der Waals surface area (Å²) in [5.74, 6) is -0.490. The number of halogens is 5. The summed E-state index contributed by atoms with van der Waals surface area (Å²) in [6.07, 6.45) is -0.405. The zero-order valence-electron chi connectivity index (χ0n) is 10.5. The Morgan fingerprint density at radius 2 is 1.95 bits per heavy atom. The van der Waals surface area contributed by atoms with Crippen LogP contribution < -0.4 is 0 Å². The van der Waals surface area contributed by atoms with Crippen molar-refractivity contribution in [1.29, 1.82) is 0 Å². The van der Waals surface area contributed by atoms with Crippen LogP contribution in [0, 0.1) is 17.3 Å². The lowest BCUT2D eigenvalue weighted by Gasteiger charge is -2.27. The lowest BCUT2D eigenvalue weighted by molar-refractivity contribution is -0.146. The van der Waals surface area contributed by atoms with E-state index in [1.807, 2.05) is 13.8 Å². The highest BCUT2D eigenvalue weighted by molar-refractivity contribution is 9.39. The van der Waals surface area contributed by atoms with Gasteiger partial charge in [0.05, 0.1) is 12.5 Å². The third-order valence-electron chi connectivity index (χ3n) is 3.29. The second-order valence-electron chi connectivity index (χ2n) is 4.85. The van der Waals surface area contributed by atoms with E-state index in [0.717, 1.165) is 0 Å². The lowest BCUT2D eigenvalue weighted by atomic mass is 10.1. The molecule has 9 heteroatoms. The van der Waals surface area contributed by atoms with E-state index in [1.165, 1.54) is 0 Å². The number of hydrogen-bond acceptors (Lipinski definition) is 3. The average Bonchev–Trinajstić information content (AvgIpc) is 2.76. The Hall–Kier alpha value is 1.88. The first-order valence-electron chi connectivity index (χ1n) is 5.55. The van der Waals surface area contributed by atoms with E-state index in [4.69, 9.17) is 31.7 Å². The van der Waals surface area contributed by atoms with E-state index >= 15 is 0 Å². The molecule has 0 aliphatic heterocycles. The number of rotatable bonds is 5. The van der Waals surface area contributed by atoms with E-state index in [2.05, 4.69) is 47.8 Å². The molecule has 0 bridgehead atoms. The van der Waals surface area contributed by atoms with Crippen LogP contribution in [0.2, 0.25) is 0 Å². The lowest BCUT2D eigenvalue weighted by Crippen LogP contribution is -2.30. The minimum Gasteiger partial charge on any atom is -0.466 e. The highest BCUT2D eigenvalue weighted by Gasteiger charge is 2.68. The van der Waals surface area contributed by atoms with Crippen molar-refractivity contribution in [2.24, 2.45) is 17.3 Å². The number of ether oxygens (including phenoxy) is 1. The molecule has 0 radical (unpaired) electrons. The maximum atomic E-state index is 12.0. The average molecular weight is 524 g/mol. The molecule has 19 heavy (non-hydrogen) atoms. The van der Waals surface area contributed by atoms with Gasteiger partial charge in [0, 0.05) is 5.92 Å². The Morgan fingerprint density at radius 1 is 1.42 bits per heavy atom. The van der Waals surface area contributed by atoms with Gasteiger partial charge in [0.25, 0.3) is 0 Å². The van der Waals surface area contributed by atoms with E-state index in [-0.39, 0.29) is 23.2 Å². The summed E-state index contributed by atoms with van der Waals surface area (Å²) in [7, 11) is 0. The zero-order valence-corrected chi connectivity index (χ0v) is 17.7. The van der Waals surface area contributed by atoms with Crippen LogP contribution in [0.1, 0.15) is 20.8 Å². The molecule has 1 aliphatic rings. The van der Waals surface area contributed by atoms with Crippen molar-refractivity contribution in [3.63, 3.8) is 0 Å². The van der Waals surface area contributed by atoms with Crippen molar-refractivity contribution < 1.29 is 14.1 Å². The summed E-state index contributed by atoms with van der Waals surface area (Å²) in [5.41, 5.74) is -0.226. The van der Waals surface area contributed by atoms with Crippen LogP contribution >= 0.6 is 77.1 Å². The van der Waals surface area contributed by atoms with Gasteiger partial charge in [0.1, 0.15) is 6.10 Å². The van der Waals surface area contributed by atoms with Crippen LogP contribution in [-0.2, 0) is 14.1 Å². The molecule has 1 aliphatic carbocycles. The van der Waals surface area contributed by atoms with Gasteiger partial charge in [-0.1, -0.05) is 61.6 Å².